The summed E-state index contributed by atoms with van der Waals surface area (Å²) in [5.74, 6) is -1.29. The second kappa shape index (κ2) is 5.83. The van der Waals surface area contributed by atoms with Crippen molar-refractivity contribution in [3.8, 4) is 6.07 Å². The second-order valence-electron chi connectivity index (χ2n) is 4.36. The Kier molecular flexibility index (Phi) is 4.13. The molecule has 0 saturated carbocycles. The molecular weight excluding hydrogens is 284 g/mol. The highest BCUT2D eigenvalue weighted by molar-refractivity contribution is 5.49. The van der Waals surface area contributed by atoms with Gasteiger partial charge in [-0.25, -0.2) is 4.39 Å². The zero-order valence-corrected chi connectivity index (χ0v) is 10.7. The first-order chi connectivity index (χ1) is 9.90. The molecule has 0 heterocycles. The van der Waals surface area contributed by atoms with Gasteiger partial charge in [0.1, 0.15) is 5.82 Å². The maximum Gasteiger partial charge on any atom is 0.419 e. The smallest absolute Gasteiger partial charge is 0.381 e. The summed E-state index contributed by atoms with van der Waals surface area (Å²) in [6, 6.07) is 11.4. The van der Waals surface area contributed by atoms with Crippen LogP contribution in [0.3, 0.4) is 0 Å². The van der Waals surface area contributed by atoms with Crippen molar-refractivity contribution in [1.29, 1.82) is 5.26 Å². The normalized spacial score (nSPS) is 11.0. The van der Waals surface area contributed by atoms with Gasteiger partial charge in [0.05, 0.1) is 17.2 Å². The zero-order valence-electron chi connectivity index (χ0n) is 10.7. The number of rotatable bonds is 3. The van der Waals surface area contributed by atoms with Gasteiger partial charge in [0.25, 0.3) is 0 Å². The maximum absolute atomic E-state index is 13.2. The summed E-state index contributed by atoms with van der Waals surface area (Å²) < 4.78 is 50.9. The van der Waals surface area contributed by atoms with Crippen LogP contribution in [-0.4, -0.2) is 0 Å². The van der Waals surface area contributed by atoms with Gasteiger partial charge in [-0.3, -0.25) is 0 Å². The minimum Gasteiger partial charge on any atom is -0.381 e. The molecule has 0 spiro atoms. The first-order valence-electron chi connectivity index (χ1n) is 6.00. The highest BCUT2D eigenvalue weighted by atomic mass is 19.4. The summed E-state index contributed by atoms with van der Waals surface area (Å²) in [5.41, 5.74) is 0.0562. The molecule has 0 radical (unpaired) electrons. The number of hydrogen-bond donors (Lipinski definition) is 1. The van der Waals surface area contributed by atoms with E-state index in [1.165, 1.54) is 6.07 Å². The first-order valence-corrected chi connectivity index (χ1v) is 6.00. The van der Waals surface area contributed by atoms with E-state index in [2.05, 4.69) is 5.32 Å². The molecule has 0 bridgehead atoms. The third-order valence-corrected chi connectivity index (χ3v) is 2.82. The number of hydrogen-bond acceptors (Lipinski definition) is 2. The Bertz CT molecular complexity index is 687. The van der Waals surface area contributed by atoms with Gasteiger partial charge in [0, 0.05) is 12.2 Å². The minimum absolute atomic E-state index is 0.0955. The predicted octanol–water partition coefficient (Wildman–Crippen LogP) is 4.33. The van der Waals surface area contributed by atoms with Crippen LogP contribution in [0.5, 0.6) is 0 Å². The van der Waals surface area contributed by atoms with Crippen molar-refractivity contribution in [2.45, 2.75) is 12.7 Å². The molecule has 0 fully saturated rings. The van der Waals surface area contributed by atoms with Gasteiger partial charge in [-0.05, 0) is 35.9 Å². The van der Waals surface area contributed by atoms with Crippen LogP contribution in [0.2, 0.25) is 0 Å². The molecule has 0 amide bonds. The molecule has 21 heavy (non-hydrogen) atoms. The van der Waals surface area contributed by atoms with Gasteiger partial charge in [-0.1, -0.05) is 12.1 Å². The molecule has 2 aromatic rings. The summed E-state index contributed by atoms with van der Waals surface area (Å²) in [5, 5.41) is 11.7. The number of alkyl halides is 3. The van der Waals surface area contributed by atoms with Gasteiger partial charge in [-0.2, -0.15) is 18.4 Å². The summed E-state index contributed by atoms with van der Waals surface area (Å²) in [7, 11) is 0. The Labute approximate surface area is 118 Å². The molecule has 2 rings (SSSR count). The van der Waals surface area contributed by atoms with Crippen LogP contribution < -0.4 is 5.32 Å². The van der Waals surface area contributed by atoms with Crippen LogP contribution in [0, 0.1) is 17.1 Å². The van der Waals surface area contributed by atoms with Gasteiger partial charge < -0.3 is 5.32 Å². The Morgan fingerprint density at radius 3 is 2.52 bits per heavy atom. The van der Waals surface area contributed by atoms with Crippen LogP contribution in [0.4, 0.5) is 23.2 Å². The van der Waals surface area contributed by atoms with Crippen LogP contribution in [0.15, 0.2) is 42.5 Å². The van der Waals surface area contributed by atoms with E-state index < -0.39 is 17.6 Å². The molecule has 0 aliphatic heterocycles. The minimum atomic E-state index is -4.72. The topological polar surface area (TPSA) is 35.8 Å². The summed E-state index contributed by atoms with van der Waals surface area (Å²) >= 11 is 0. The molecule has 6 heteroatoms. The van der Waals surface area contributed by atoms with Crippen LogP contribution in [0.1, 0.15) is 16.7 Å². The molecule has 2 aromatic carbocycles. The largest absolute Gasteiger partial charge is 0.419 e. The second-order valence-corrected chi connectivity index (χ2v) is 4.36. The average Bonchev–Trinajstić information content (AvgIpc) is 2.45. The fraction of sp³-hybridized carbons (Fsp3) is 0.133. The predicted molar refractivity (Wildman–Crippen MR) is 69.9 cm³/mol. The fourth-order valence-corrected chi connectivity index (χ4v) is 1.80. The van der Waals surface area contributed by atoms with Gasteiger partial charge in [0.2, 0.25) is 0 Å². The third-order valence-electron chi connectivity index (χ3n) is 2.82. The van der Waals surface area contributed by atoms with Gasteiger partial charge in [0.15, 0.2) is 0 Å². The highest BCUT2D eigenvalue weighted by Gasteiger charge is 2.34. The van der Waals surface area contributed by atoms with E-state index >= 15 is 0 Å². The van der Waals surface area contributed by atoms with E-state index in [0.717, 1.165) is 12.1 Å². The Morgan fingerprint density at radius 2 is 1.86 bits per heavy atom. The van der Waals surface area contributed by atoms with Crippen LogP contribution in [0.25, 0.3) is 0 Å². The Hall–Kier alpha value is -2.55. The summed E-state index contributed by atoms with van der Waals surface area (Å²) in [4.78, 5) is 0. The van der Waals surface area contributed by atoms with E-state index in [9.17, 15) is 17.6 Å². The number of benzene rings is 2. The number of nitriles is 1. The average molecular weight is 294 g/mol. The van der Waals surface area contributed by atoms with E-state index in [0.29, 0.717) is 16.8 Å². The number of halogens is 4. The maximum atomic E-state index is 13.2. The Balaban J connectivity index is 2.15. The lowest BCUT2D eigenvalue weighted by molar-refractivity contribution is -0.140. The molecule has 0 aliphatic carbocycles. The van der Waals surface area contributed by atoms with E-state index in [1.807, 2.05) is 6.07 Å². The zero-order chi connectivity index (χ0) is 15.5. The van der Waals surface area contributed by atoms with Crippen LogP contribution in [-0.2, 0) is 12.7 Å². The lowest BCUT2D eigenvalue weighted by Crippen LogP contribution is -2.10. The number of anilines is 1. The van der Waals surface area contributed by atoms with Gasteiger partial charge >= 0.3 is 6.18 Å². The van der Waals surface area contributed by atoms with Crippen molar-refractivity contribution in [1.82, 2.24) is 0 Å². The summed E-state index contributed by atoms with van der Waals surface area (Å²) in [6.07, 6.45) is -4.72. The monoisotopic (exact) mass is 294 g/mol. The lowest BCUT2D eigenvalue weighted by atomic mass is 10.1. The Morgan fingerprint density at radius 1 is 1.10 bits per heavy atom. The van der Waals surface area contributed by atoms with Crippen molar-refractivity contribution in [2.75, 3.05) is 5.32 Å². The molecule has 0 unspecified atom stereocenters. The van der Waals surface area contributed by atoms with Crippen molar-refractivity contribution in [3.63, 3.8) is 0 Å². The van der Waals surface area contributed by atoms with Crippen molar-refractivity contribution in [3.05, 3.63) is 65.0 Å². The molecule has 0 atom stereocenters. The first kappa shape index (κ1) is 14.9. The molecule has 108 valence electrons. The van der Waals surface area contributed by atoms with Crippen molar-refractivity contribution >= 4 is 5.69 Å². The fourth-order valence-electron chi connectivity index (χ4n) is 1.80. The molecular formula is C15H10F4N2. The van der Waals surface area contributed by atoms with Crippen molar-refractivity contribution < 1.29 is 17.6 Å². The van der Waals surface area contributed by atoms with Crippen molar-refractivity contribution in [2.24, 2.45) is 0 Å². The lowest BCUT2D eigenvalue weighted by Gasteiger charge is -2.11. The molecule has 0 saturated heterocycles. The standard InChI is InChI=1S/C15H10F4N2/c16-14-5-4-11(7-13(14)15(17,18)19)9-21-12-3-1-2-10(6-12)8-20/h1-7,21H,9H2. The summed E-state index contributed by atoms with van der Waals surface area (Å²) in [6.45, 7) is 0.0955. The molecule has 0 aliphatic rings. The van der Waals surface area contributed by atoms with E-state index in [-0.39, 0.29) is 6.54 Å². The molecule has 2 nitrogen and oxygen atoms in total. The third kappa shape index (κ3) is 3.72. The van der Waals surface area contributed by atoms with E-state index in [4.69, 9.17) is 5.26 Å². The number of nitrogens with zero attached hydrogens (tertiary/aromatic N) is 1. The highest BCUT2D eigenvalue weighted by Crippen LogP contribution is 2.32. The SMILES string of the molecule is N#Cc1cccc(NCc2ccc(F)c(C(F)(F)F)c2)c1. The van der Waals surface area contributed by atoms with Crippen LogP contribution >= 0.6 is 0 Å². The van der Waals surface area contributed by atoms with E-state index in [1.54, 1.807) is 24.3 Å². The van der Waals surface area contributed by atoms with Gasteiger partial charge in [-0.15, -0.1) is 0 Å². The molecule has 0 aromatic heterocycles. The molecule has 1 N–H and O–H groups in total. The number of nitrogens with one attached hydrogen (secondary N) is 1. The quantitative estimate of drug-likeness (QED) is 0.855.